The van der Waals surface area contributed by atoms with Gasteiger partial charge in [0.15, 0.2) is 0 Å². The van der Waals surface area contributed by atoms with Crippen molar-refractivity contribution in [2.75, 3.05) is 0 Å². The molecule has 0 bridgehead atoms. The van der Waals surface area contributed by atoms with Crippen molar-refractivity contribution in [1.82, 2.24) is 19.9 Å². The van der Waals surface area contributed by atoms with Gasteiger partial charge < -0.3 is 0 Å². The topological polar surface area (TPSA) is 87.7 Å². The van der Waals surface area contributed by atoms with Gasteiger partial charge in [-0.05, 0) is 41.8 Å². The Morgan fingerprint density at radius 1 is 1.19 bits per heavy atom. The molecule has 2 aromatic heterocycles. The van der Waals surface area contributed by atoms with Crippen LogP contribution in [0.4, 0.5) is 0 Å². The van der Waals surface area contributed by atoms with E-state index in [4.69, 9.17) is 0 Å². The Morgan fingerprint density at radius 2 is 2.08 bits per heavy atom. The summed E-state index contributed by atoms with van der Waals surface area (Å²) in [6, 6.07) is 11.2. The molecule has 0 spiro atoms. The molecule has 4 rings (SSSR count). The molecule has 0 fully saturated rings. The molecule has 0 aliphatic carbocycles. The Labute approximate surface area is 155 Å². The first-order valence-corrected chi connectivity index (χ1v) is 10.4. The normalized spacial score (nSPS) is 11.9. The van der Waals surface area contributed by atoms with Gasteiger partial charge in [-0.15, -0.1) is 11.3 Å². The van der Waals surface area contributed by atoms with Crippen LogP contribution in [0.15, 0.2) is 58.4 Å². The van der Waals surface area contributed by atoms with Crippen molar-refractivity contribution in [3.05, 3.63) is 64.7 Å². The minimum Gasteiger partial charge on any atom is -0.278 e. The monoisotopic (exact) mass is 384 g/mol. The molecule has 6 nitrogen and oxygen atoms in total. The molecule has 0 aliphatic rings. The highest BCUT2D eigenvalue weighted by molar-refractivity contribution is 7.89. The molecule has 2 N–H and O–H groups in total. The van der Waals surface area contributed by atoms with E-state index in [1.54, 1.807) is 23.8 Å². The average Bonchev–Trinajstić information content (AvgIpc) is 3.31. The van der Waals surface area contributed by atoms with Crippen molar-refractivity contribution in [3.8, 4) is 11.1 Å². The summed E-state index contributed by atoms with van der Waals surface area (Å²) in [5.74, 6) is 0. The SMILES string of the molecule is Cc1cc(S(=O)(=O)NCc2cscn2)ccc1-c1ccc2cn[nH]c2c1. The molecule has 0 aliphatic heterocycles. The van der Waals surface area contributed by atoms with Crippen LogP contribution >= 0.6 is 11.3 Å². The summed E-state index contributed by atoms with van der Waals surface area (Å²) in [7, 11) is -3.59. The van der Waals surface area contributed by atoms with E-state index in [2.05, 4.69) is 19.9 Å². The van der Waals surface area contributed by atoms with Gasteiger partial charge in [0.2, 0.25) is 10.0 Å². The maximum Gasteiger partial charge on any atom is 0.240 e. The maximum absolute atomic E-state index is 12.5. The highest BCUT2D eigenvalue weighted by Crippen LogP contribution is 2.28. The van der Waals surface area contributed by atoms with Crippen LogP contribution in [-0.2, 0) is 16.6 Å². The molecule has 8 heteroatoms. The van der Waals surface area contributed by atoms with E-state index in [0.29, 0.717) is 5.69 Å². The van der Waals surface area contributed by atoms with Crippen LogP contribution < -0.4 is 4.72 Å². The number of hydrogen-bond donors (Lipinski definition) is 2. The number of fused-ring (bicyclic) bond motifs is 1. The highest BCUT2D eigenvalue weighted by atomic mass is 32.2. The molecule has 26 heavy (non-hydrogen) atoms. The number of nitrogens with one attached hydrogen (secondary N) is 2. The summed E-state index contributed by atoms with van der Waals surface area (Å²) >= 11 is 1.44. The number of benzene rings is 2. The maximum atomic E-state index is 12.5. The molecule has 0 unspecified atom stereocenters. The Kier molecular flexibility index (Phi) is 4.31. The van der Waals surface area contributed by atoms with Crippen LogP contribution in [0.25, 0.3) is 22.0 Å². The number of hydrogen-bond acceptors (Lipinski definition) is 5. The second kappa shape index (κ2) is 6.64. The van der Waals surface area contributed by atoms with Crippen molar-refractivity contribution in [3.63, 3.8) is 0 Å². The first-order valence-electron chi connectivity index (χ1n) is 7.94. The van der Waals surface area contributed by atoms with E-state index < -0.39 is 10.0 Å². The number of aryl methyl sites for hydroxylation is 1. The Hall–Kier alpha value is -2.55. The van der Waals surface area contributed by atoms with E-state index in [-0.39, 0.29) is 11.4 Å². The second-order valence-electron chi connectivity index (χ2n) is 5.95. The zero-order chi connectivity index (χ0) is 18.1. The van der Waals surface area contributed by atoms with Crippen molar-refractivity contribution in [2.45, 2.75) is 18.4 Å². The minimum absolute atomic E-state index is 0.184. The van der Waals surface area contributed by atoms with Crippen LogP contribution in [-0.4, -0.2) is 23.6 Å². The van der Waals surface area contributed by atoms with Crippen LogP contribution in [0.2, 0.25) is 0 Å². The molecular formula is C18H16N4O2S2. The lowest BCUT2D eigenvalue weighted by atomic mass is 10.00. The summed E-state index contributed by atoms with van der Waals surface area (Å²) < 4.78 is 27.6. The third-order valence-corrected chi connectivity index (χ3v) is 6.22. The Balaban J connectivity index is 1.62. The van der Waals surface area contributed by atoms with E-state index in [0.717, 1.165) is 27.6 Å². The lowest BCUT2D eigenvalue weighted by molar-refractivity contribution is 0.580. The van der Waals surface area contributed by atoms with Crippen molar-refractivity contribution < 1.29 is 8.42 Å². The first-order chi connectivity index (χ1) is 12.5. The number of H-pyrrole nitrogens is 1. The third kappa shape index (κ3) is 3.26. The van der Waals surface area contributed by atoms with Crippen LogP contribution in [0.5, 0.6) is 0 Å². The molecule has 4 aromatic rings. The van der Waals surface area contributed by atoms with Gasteiger partial charge in [-0.25, -0.2) is 18.1 Å². The summed E-state index contributed by atoms with van der Waals surface area (Å²) in [5.41, 5.74) is 6.22. The zero-order valence-corrected chi connectivity index (χ0v) is 15.6. The molecule has 0 saturated carbocycles. The molecule has 0 atom stereocenters. The van der Waals surface area contributed by atoms with Gasteiger partial charge in [0.25, 0.3) is 0 Å². The van der Waals surface area contributed by atoms with Gasteiger partial charge in [0.1, 0.15) is 0 Å². The molecule has 0 saturated heterocycles. The summed E-state index contributed by atoms with van der Waals surface area (Å²) in [6.07, 6.45) is 1.77. The molecule has 132 valence electrons. The molecule has 2 heterocycles. The highest BCUT2D eigenvalue weighted by Gasteiger charge is 2.16. The predicted molar refractivity (Wildman–Crippen MR) is 102 cm³/mol. The average molecular weight is 384 g/mol. The van der Waals surface area contributed by atoms with Gasteiger partial charge in [-0.2, -0.15) is 5.10 Å². The van der Waals surface area contributed by atoms with Crippen LogP contribution in [0.3, 0.4) is 0 Å². The lowest BCUT2D eigenvalue weighted by Crippen LogP contribution is -2.23. The van der Waals surface area contributed by atoms with E-state index in [1.165, 1.54) is 11.3 Å². The number of aromatic amines is 1. The van der Waals surface area contributed by atoms with Gasteiger partial charge in [0, 0.05) is 10.8 Å². The van der Waals surface area contributed by atoms with Gasteiger partial charge in [-0.3, -0.25) is 5.10 Å². The fraction of sp³-hybridized carbons (Fsp3) is 0.111. The second-order valence-corrected chi connectivity index (χ2v) is 8.44. The Bertz CT molecular complexity index is 1170. The largest absolute Gasteiger partial charge is 0.278 e. The van der Waals surface area contributed by atoms with E-state index in [1.807, 2.05) is 36.6 Å². The van der Waals surface area contributed by atoms with Gasteiger partial charge in [-0.1, -0.05) is 18.2 Å². The minimum atomic E-state index is -3.59. The number of nitrogens with zero attached hydrogens (tertiary/aromatic N) is 2. The number of thiazole rings is 1. The quantitative estimate of drug-likeness (QED) is 0.551. The third-order valence-electron chi connectivity index (χ3n) is 4.19. The number of rotatable bonds is 5. The van der Waals surface area contributed by atoms with Crippen LogP contribution in [0, 0.1) is 6.92 Å². The summed E-state index contributed by atoms with van der Waals surface area (Å²) in [4.78, 5) is 4.34. The smallest absolute Gasteiger partial charge is 0.240 e. The molecule has 0 radical (unpaired) electrons. The van der Waals surface area contributed by atoms with Crippen molar-refractivity contribution in [1.29, 1.82) is 0 Å². The fourth-order valence-electron chi connectivity index (χ4n) is 2.81. The first kappa shape index (κ1) is 16.9. The van der Waals surface area contributed by atoms with Crippen molar-refractivity contribution in [2.24, 2.45) is 0 Å². The molecule has 0 amide bonds. The zero-order valence-electron chi connectivity index (χ0n) is 13.9. The van der Waals surface area contributed by atoms with E-state index >= 15 is 0 Å². The number of aromatic nitrogens is 3. The predicted octanol–water partition coefficient (Wildman–Crippen LogP) is 3.47. The molecule has 2 aromatic carbocycles. The van der Waals surface area contributed by atoms with Gasteiger partial charge >= 0.3 is 0 Å². The molecular weight excluding hydrogens is 368 g/mol. The summed E-state index contributed by atoms with van der Waals surface area (Å²) in [5, 5.41) is 9.84. The fourth-order valence-corrected chi connectivity index (χ4v) is 4.45. The van der Waals surface area contributed by atoms with Gasteiger partial charge in [0.05, 0.1) is 34.4 Å². The van der Waals surface area contributed by atoms with E-state index in [9.17, 15) is 8.42 Å². The lowest BCUT2D eigenvalue weighted by Gasteiger charge is -2.10. The van der Waals surface area contributed by atoms with Crippen molar-refractivity contribution >= 4 is 32.3 Å². The standard InChI is InChI=1S/C18H16N4O2S2/c1-12-6-16(26(23,24)21-9-15-10-25-11-19-15)4-5-17(12)13-2-3-14-8-20-22-18(14)7-13/h2-8,10-11,21H,9H2,1H3,(H,20,22). The Morgan fingerprint density at radius 3 is 2.85 bits per heavy atom. The van der Waals surface area contributed by atoms with Crippen LogP contribution in [0.1, 0.15) is 11.3 Å². The summed E-state index contributed by atoms with van der Waals surface area (Å²) in [6.45, 7) is 2.09. The number of sulfonamides is 1.